The Morgan fingerprint density at radius 3 is 2.67 bits per heavy atom. The summed E-state index contributed by atoms with van der Waals surface area (Å²) in [6.07, 6.45) is 1.07. The van der Waals surface area contributed by atoms with E-state index in [1.54, 1.807) is 17.8 Å². The van der Waals surface area contributed by atoms with E-state index in [2.05, 4.69) is 23.8 Å². The molecule has 0 amide bonds. The second-order valence-corrected chi connectivity index (χ2v) is 5.39. The first-order valence-corrected chi connectivity index (χ1v) is 6.18. The third-order valence-corrected chi connectivity index (χ3v) is 3.37. The predicted molar refractivity (Wildman–Crippen MR) is 64.6 cm³/mol. The fraction of sp³-hybridized carbons (Fsp3) is 0.636. The minimum Gasteiger partial charge on any atom is -0.301 e. The lowest BCUT2D eigenvalue weighted by atomic mass is 10.1. The van der Waals surface area contributed by atoms with Crippen LogP contribution in [0.4, 0.5) is 0 Å². The van der Waals surface area contributed by atoms with Gasteiger partial charge in [0.1, 0.15) is 0 Å². The zero-order valence-corrected chi connectivity index (χ0v) is 10.5. The molecule has 0 saturated carbocycles. The summed E-state index contributed by atoms with van der Waals surface area (Å²) in [6.45, 7) is 8.34. The van der Waals surface area contributed by atoms with E-state index < -0.39 is 0 Å². The van der Waals surface area contributed by atoms with Gasteiger partial charge >= 0.3 is 0 Å². The van der Waals surface area contributed by atoms with Crippen LogP contribution in [0.1, 0.15) is 45.7 Å². The van der Waals surface area contributed by atoms with Gasteiger partial charge in [-0.15, -0.1) is 0 Å². The normalized spacial score (nSPS) is 13.1. The van der Waals surface area contributed by atoms with E-state index in [-0.39, 0.29) is 5.56 Å². The largest absolute Gasteiger partial charge is 0.301 e. The van der Waals surface area contributed by atoms with Gasteiger partial charge in [0.15, 0.2) is 5.16 Å². The maximum absolute atomic E-state index is 11.4. The molecule has 3 nitrogen and oxygen atoms in total. The van der Waals surface area contributed by atoms with Crippen molar-refractivity contribution in [1.29, 1.82) is 0 Å². The fourth-order valence-electron chi connectivity index (χ4n) is 1.08. The number of aromatic nitrogens is 2. The van der Waals surface area contributed by atoms with Crippen LogP contribution < -0.4 is 5.56 Å². The van der Waals surface area contributed by atoms with Crippen LogP contribution in [0.5, 0.6) is 0 Å². The summed E-state index contributed by atoms with van der Waals surface area (Å²) < 4.78 is 0. The number of rotatable bonds is 4. The first-order chi connectivity index (χ1) is 7.02. The molecule has 0 aliphatic carbocycles. The van der Waals surface area contributed by atoms with Crippen molar-refractivity contribution >= 4 is 11.8 Å². The van der Waals surface area contributed by atoms with Gasteiger partial charge in [0, 0.05) is 11.3 Å². The highest BCUT2D eigenvalue weighted by molar-refractivity contribution is 7.99. The minimum atomic E-state index is -0.0560. The standard InChI is InChI=1S/C11H18N2OS/c1-5-8(4)15-11-12-9(7(2)3)6-10(14)13-11/h6-8H,5H2,1-4H3,(H,12,13,14)/t8-/m1/s1. The number of aromatic amines is 1. The Bertz CT molecular complexity index is 373. The molecule has 1 rings (SSSR count). The molecular weight excluding hydrogens is 208 g/mol. The predicted octanol–water partition coefficient (Wildman–Crippen LogP) is 2.78. The molecule has 1 aromatic heterocycles. The first kappa shape index (κ1) is 12.3. The van der Waals surface area contributed by atoms with Crippen molar-refractivity contribution in [2.45, 2.75) is 50.4 Å². The zero-order chi connectivity index (χ0) is 11.4. The quantitative estimate of drug-likeness (QED) is 0.634. The van der Waals surface area contributed by atoms with Gasteiger partial charge in [-0.2, -0.15) is 0 Å². The monoisotopic (exact) mass is 226 g/mol. The van der Waals surface area contributed by atoms with E-state index in [0.717, 1.165) is 17.3 Å². The molecule has 0 saturated heterocycles. The Hall–Kier alpha value is -0.770. The Morgan fingerprint density at radius 1 is 1.47 bits per heavy atom. The second kappa shape index (κ2) is 5.35. The lowest BCUT2D eigenvalue weighted by Crippen LogP contribution is -2.11. The molecule has 1 N–H and O–H groups in total. The molecule has 0 aromatic carbocycles. The number of nitrogens with zero attached hydrogens (tertiary/aromatic N) is 1. The van der Waals surface area contributed by atoms with Gasteiger partial charge in [-0.05, 0) is 12.3 Å². The van der Waals surface area contributed by atoms with Crippen LogP contribution in [0.2, 0.25) is 0 Å². The van der Waals surface area contributed by atoms with Crippen LogP contribution in [0.15, 0.2) is 16.0 Å². The Labute approximate surface area is 94.7 Å². The Kier molecular flexibility index (Phi) is 4.39. The van der Waals surface area contributed by atoms with E-state index in [9.17, 15) is 4.79 Å². The van der Waals surface area contributed by atoms with Crippen molar-refractivity contribution < 1.29 is 0 Å². The van der Waals surface area contributed by atoms with Crippen LogP contribution in [0.25, 0.3) is 0 Å². The zero-order valence-electron chi connectivity index (χ0n) is 9.70. The van der Waals surface area contributed by atoms with Gasteiger partial charge in [0.2, 0.25) is 0 Å². The van der Waals surface area contributed by atoms with Crippen LogP contribution >= 0.6 is 11.8 Å². The Balaban J connectivity index is 2.94. The van der Waals surface area contributed by atoms with Gasteiger partial charge in [0.05, 0.1) is 5.69 Å². The molecule has 0 spiro atoms. The average molecular weight is 226 g/mol. The van der Waals surface area contributed by atoms with Gasteiger partial charge < -0.3 is 4.98 Å². The molecule has 1 heterocycles. The van der Waals surface area contributed by atoms with Crippen LogP contribution in [0.3, 0.4) is 0 Å². The van der Waals surface area contributed by atoms with E-state index in [1.165, 1.54) is 0 Å². The summed E-state index contributed by atoms with van der Waals surface area (Å²) in [5.41, 5.74) is 0.809. The molecule has 1 aromatic rings. The second-order valence-electron chi connectivity index (χ2n) is 3.97. The molecule has 84 valence electrons. The van der Waals surface area contributed by atoms with Gasteiger partial charge in [-0.1, -0.05) is 39.5 Å². The van der Waals surface area contributed by atoms with Gasteiger partial charge in [0.25, 0.3) is 5.56 Å². The molecule has 0 fully saturated rings. The molecule has 0 radical (unpaired) electrons. The summed E-state index contributed by atoms with van der Waals surface area (Å²) in [6, 6.07) is 1.57. The highest BCUT2D eigenvalue weighted by Crippen LogP contribution is 2.21. The number of nitrogens with one attached hydrogen (secondary N) is 1. The number of hydrogen-bond acceptors (Lipinski definition) is 3. The highest BCUT2D eigenvalue weighted by Gasteiger charge is 2.08. The maximum atomic E-state index is 11.4. The number of H-pyrrole nitrogens is 1. The van der Waals surface area contributed by atoms with Gasteiger partial charge in [-0.25, -0.2) is 4.98 Å². The van der Waals surface area contributed by atoms with Gasteiger partial charge in [-0.3, -0.25) is 4.79 Å². The maximum Gasteiger partial charge on any atom is 0.251 e. The van der Waals surface area contributed by atoms with E-state index in [0.29, 0.717) is 11.2 Å². The highest BCUT2D eigenvalue weighted by atomic mass is 32.2. The van der Waals surface area contributed by atoms with E-state index in [1.807, 2.05) is 13.8 Å². The van der Waals surface area contributed by atoms with Crippen LogP contribution in [-0.4, -0.2) is 15.2 Å². The average Bonchev–Trinajstić information content (AvgIpc) is 2.16. The summed E-state index contributed by atoms with van der Waals surface area (Å²) in [5, 5.41) is 1.22. The van der Waals surface area contributed by atoms with Crippen LogP contribution in [-0.2, 0) is 0 Å². The first-order valence-electron chi connectivity index (χ1n) is 5.30. The van der Waals surface area contributed by atoms with Crippen molar-refractivity contribution in [2.24, 2.45) is 0 Å². The number of hydrogen-bond donors (Lipinski definition) is 1. The third kappa shape index (κ3) is 3.70. The fourth-order valence-corrected chi connectivity index (χ4v) is 1.94. The molecule has 1 atom stereocenters. The van der Waals surface area contributed by atoms with Crippen molar-refractivity contribution in [3.63, 3.8) is 0 Å². The summed E-state index contributed by atoms with van der Waals surface area (Å²) in [7, 11) is 0. The molecule has 15 heavy (non-hydrogen) atoms. The number of thioether (sulfide) groups is 1. The molecule has 0 unspecified atom stereocenters. The van der Waals surface area contributed by atoms with Crippen molar-refractivity contribution in [1.82, 2.24) is 9.97 Å². The summed E-state index contributed by atoms with van der Waals surface area (Å²) in [5.74, 6) is 0.295. The lowest BCUT2D eigenvalue weighted by molar-refractivity contribution is 0.766. The van der Waals surface area contributed by atoms with Crippen molar-refractivity contribution in [3.05, 3.63) is 22.1 Å². The smallest absolute Gasteiger partial charge is 0.251 e. The minimum absolute atomic E-state index is 0.0560. The molecule has 0 aliphatic rings. The SMILES string of the molecule is CC[C@@H](C)Sc1nc(C(C)C)cc(=O)[nH]1. The molecular formula is C11H18N2OS. The lowest BCUT2D eigenvalue weighted by Gasteiger charge is -2.09. The molecule has 4 heteroatoms. The van der Waals surface area contributed by atoms with E-state index in [4.69, 9.17) is 0 Å². The Morgan fingerprint density at radius 2 is 2.13 bits per heavy atom. The van der Waals surface area contributed by atoms with Crippen LogP contribution in [0, 0.1) is 0 Å². The summed E-state index contributed by atoms with van der Waals surface area (Å²) >= 11 is 1.62. The topological polar surface area (TPSA) is 45.8 Å². The van der Waals surface area contributed by atoms with Crippen molar-refractivity contribution in [3.8, 4) is 0 Å². The van der Waals surface area contributed by atoms with Crippen molar-refractivity contribution in [2.75, 3.05) is 0 Å². The summed E-state index contributed by atoms with van der Waals surface area (Å²) in [4.78, 5) is 18.6. The molecule has 0 bridgehead atoms. The molecule has 0 aliphatic heterocycles. The van der Waals surface area contributed by atoms with E-state index >= 15 is 0 Å². The third-order valence-electron chi connectivity index (χ3n) is 2.22.